The van der Waals surface area contributed by atoms with Crippen LogP contribution in [0.2, 0.25) is 0 Å². The number of hydrogen-bond donors (Lipinski definition) is 0. The summed E-state index contributed by atoms with van der Waals surface area (Å²) in [5.74, 6) is 0.944. The Morgan fingerprint density at radius 1 is 1.26 bits per heavy atom. The van der Waals surface area contributed by atoms with E-state index in [0.29, 0.717) is 18.2 Å². The molecule has 1 unspecified atom stereocenters. The molecular weight excluding hydrogens is 286 g/mol. The third-order valence-corrected chi connectivity index (χ3v) is 4.53. The van der Waals surface area contributed by atoms with E-state index in [1.807, 2.05) is 34.0 Å². The first-order valence-corrected chi connectivity index (χ1v) is 8.58. The Balaban J connectivity index is 1.47. The second-order valence-electron chi connectivity index (χ2n) is 6.55. The second kappa shape index (κ2) is 7.44. The van der Waals surface area contributed by atoms with Crippen LogP contribution in [0.5, 0.6) is 0 Å². The summed E-state index contributed by atoms with van der Waals surface area (Å²) in [6.07, 6.45) is 7.81. The van der Waals surface area contributed by atoms with Crippen LogP contribution in [0.25, 0.3) is 11.1 Å². The summed E-state index contributed by atoms with van der Waals surface area (Å²) in [7, 11) is 0. The van der Waals surface area contributed by atoms with Crippen LogP contribution in [0.4, 0.5) is 0 Å². The molecule has 2 heterocycles. The average Bonchev–Trinajstić information content (AvgIpc) is 3.04. The largest absolute Gasteiger partial charge is 0.342 e. The molecule has 0 spiro atoms. The van der Waals surface area contributed by atoms with Gasteiger partial charge >= 0.3 is 0 Å². The summed E-state index contributed by atoms with van der Waals surface area (Å²) in [5, 5.41) is 4.41. The van der Waals surface area contributed by atoms with E-state index in [1.54, 1.807) is 0 Å². The zero-order valence-corrected chi connectivity index (χ0v) is 13.8. The number of aryl methyl sites for hydroxylation is 1. The maximum atomic E-state index is 12.3. The molecule has 0 bridgehead atoms. The van der Waals surface area contributed by atoms with Gasteiger partial charge in [0.05, 0.1) is 6.20 Å². The van der Waals surface area contributed by atoms with Crippen LogP contribution >= 0.6 is 0 Å². The van der Waals surface area contributed by atoms with E-state index in [4.69, 9.17) is 0 Å². The molecule has 4 nitrogen and oxygen atoms in total. The molecular formula is C19H25N3O. The van der Waals surface area contributed by atoms with Gasteiger partial charge in [-0.3, -0.25) is 9.48 Å². The van der Waals surface area contributed by atoms with Gasteiger partial charge in [0.2, 0.25) is 5.91 Å². The Morgan fingerprint density at radius 3 is 2.87 bits per heavy atom. The first kappa shape index (κ1) is 15.8. The molecule has 0 aliphatic carbocycles. The molecule has 1 aliphatic rings. The number of likely N-dealkylation sites (tertiary alicyclic amines) is 1. The van der Waals surface area contributed by atoms with E-state index in [2.05, 4.69) is 30.4 Å². The molecule has 1 amide bonds. The number of hydrogen-bond acceptors (Lipinski definition) is 2. The highest BCUT2D eigenvalue weighted by molar-refractivity contribution is 5.76. The van der Waals surface area contributed by atoms with E-state index in [9.17, 15) is 4.79 Å². The van der Waals surface area contributed by atoms with E-state index in [0.717, 1.165) is 38.0 Å². The van der Waals surface area contributed by atoms with Gasteiger partial charge in [0, 0.05) is 37.8 Å². The van der Waals surface area contributed by atoms with Crippen LogP contribution < -0.4 is 0 Å². The zero-order valence-electron chi connectivity index (χ0n) is 13.8. The zero-order chi connectivity index (χ0) is 16.1. The van der Waals surface area contributed by atoms with Crippen molar-refractivity contribution >= 4 is 5.91 Å². The summed E-state index contributed by atoms with van der Waals surface area (Å²) in [5.41, 5.74) is 2.30. The van der Waals surface area contributed by atoms with Gasteiger partial charge in [0.1, 0.15) is 0 Å². The van der Waals surface area contributed by atoms with Crippen LogP contribution in [-0.2, 0) is 11.3 Å². The number of carbonyl (C=O) groups is 1. The highest BCUT2D eigenvalue weighted by Gasteiger charge is 2.20. The van der Waals surface area contributed by atoms with Gasteiger partial charge in [-0.15, -0.1) is 0 Å². The molecule has 0 saturated carbocycles. The lowest BCUT2D eigenvalue weighted by Crippen LogP contribution is -2.39. The molecule has 1 aromatic heterocycles. The van der Waals surface area contributed by atoms with Crippen molar-refractivity contribution in [1.82, 2.24) is 14.7 Å². The van der Waals surface area contributed by atoms with Gasteiger partial charge < -0.3 is 4.90 Å². The van der Waals surface area contributed by atoms with Crippen molar-refractivity contribution in [2.45, 2.75) is 39.2 Å². The lowest BCUT2D eigenvalue weighted by Gasteiger charge is -2.31. The quantitative estimate of drug-likeness (QED) is 0.846. The fourth-order valence-electron chi connectivity index (χ4n) is 3.23. The highest BCUT2D eigenvalue weighted by Crippen LogP contribution is 2.18. The molecule has 1 fully saturated rings. The van der Waals surface area contributed by atoms with E-state index in [1.165, 1.54) is 12.0 Å². The van der Waals surface area contributed by atoms with Crippen molar-refractivity contribution in [2.24, 2.45) is 5.92 Å². The van der Waals surface area contributed by atoms with Crippen LogP contribution in [0.15, 0.2) is 42.7 Å². The Hall–Kier alpha value is -2.10. The number of aromatic nitrogens is 2. The van der Waals surface area contributed by atoms with Crippen molar-refractivity contribution in [3.63, 3.8) is 0 Å². The normalized spacial score (nSPS) is 18.1. The highest BCUT2D eigenvalue weighted by atomic mass is 16.2. The molecule has 122 valence electrons. The molecule has 1 atom stereocenters. The molecule has 4 heteroatoms. The standard InChI is InChI=1S/C19H25N3O/c1-16-7-5-11-21(14-16)19(23)10-6-12-22-15-18(13-20-22)17-8-3-2-4-9-17/h2-4,8-9,13,15-16H,5-7,10-12,14H2,1H3. The minimum Gasteiger partial charge on any atom is -0.342 e. The van der Waals surface area contributed by atoms with Gasteiger partial charge in [-0.1, -0.05) is 37.3 Å². The minimum atomic E-state index is 0.298. The number of nitrogens with zero attached hydrogens (tertiary/aromatic N) is 3. The third kappa shape index (κ3) is 4.21. The van der Waals surface area contributed by atoms with E-state index < -0.39 is 0 Å². The van der Waals surface area contributed by atoms with Crippen molar-refractivity contribution in [2.75, 3.05) is 13.1 Å². The Labute approximate surface area is 138 Å². The molecule has 1 saturated heterocycles. The number of rotatable bonds is 5. The van der Waals surface area contributed by atoms with Gasteiger partial charge in [-0.2, -0.15) is 5.10 Å². The maximum absolute atomic E-state index is 12.3. The summed E-state index contributed by atoms with van der Waals surface area (Å²) in [6, 6.07) is 10.3. The third-order valence-electron chi connectivity index (χ3n) is 4.53. The second-order valence-corrected chi connectivity index (χ2v) is 6.55. The van der Waals surface area contributed by atoms with Crippen LogP contribution in [0.1, 0.15) is 32.6 Å². The van der Waals surface area contributed by atoms with Gasteiger partial charge in [-0.05, 0) is 30.7 Å². The van der Waals surface area contributed by atoms with Crippen LogP contribution in [0, 0.1) is 5.92 Å². The molecule has 0 radical (unpaired) electrons. The predicted octanol–water partition coefficient (Wildman–Crippen LogP) is 3.59. The summed E-state index contributed by atoms with van der Waals surface area (Å²) in [4.78, 5) is 14.3. The smallest absolute Gasteiger partial charge is 0.222 e. The van der Waals surface area contributed by atoms with Gasteiger partial charge in [0.25, 0.3) is 0 Å². The summed E-state index contributed by atoms with van der Waals surface area (Å²) >= 11 is 0. The van der Waals surface area contributed by atoms with Crippen molar-refractivity contribution in [3.8, 4) is 11.1 Å². The molecule has 23 heavy (non-hydrogen) atoms. The number of piperidine rings is 1. The minimum absolute atomic E-state index is 0.298. The molecule has 2 aromatic rings. The van der Waals surface area contributed by atoms with Crippen LogP contribution in [-0.4, -0.2) is 33.7 Å². The van der Waals surface area contributed by atoms with Crippen molar-refractivity contribution < 1.29 is 4.79 Å². The fraction of sp³-hybridized carbons (Fsp3) is 0.474. The van der Waals surface area contributed by atoms with E-state index in [-0.39, 0.29) is 0 Å². The Morgan fingerprint density at radius 2 is 2.09 bits per heavy atom. The maximum Gasteiger partial charge on any atom is 0.222 e. The first-order chi connectivity index (χ1) is 11.2. The topological polar surface area (TPSA) is 38.1 Å². The van der Waals surface area contributed by atoms with E-state index >= 15 is 0 Å². The monoisotopic (exact) mass is 311 g/mol. The molecule has 1 aromatic carbocycles. The van der Waals surface area contributed by atoms with Gasteiger partial charge in [-0.25, -0.2) is 0 Å². The Kier molecular flexibility index (Phi) is 5.11. The molecule has 3 rings (SSSR count). The summed E-state index contributed by atoms with van der Waals surface area (Å²) < 4.78 is 1.94. The predicted molar refractivity (Wildman–Crippen MR) is 91.9 cm³/mol. The summed E-state index contributed by atoms with van der Waals surface area (Å²) in [6.45, 7) is 4.89. The number of amides is 1. The fourth-order valence-corrected chi connectivity index (χ4v) is 3.23. The Bertz CT molecular complexity index is 635. The number of benzene rings is 1. The van der Waals surface area contributed by atoms with Gasteiger partial charge in [0.15, 0.2) is 0 Å². The lowest BCUT2D eigenvalue weighted by atomic mass is 10.00. The van der Waals surface area contributed by atoms with Crippen molar-refractivity contribution in [1.29, 1.82) is 0 Å². The average molecular weight is 311 g/mol. The van der Waals surface area contributed by atoms with Crippen molar-refractivity contribution in [3.05, 3.63) is 42.7 Å². The molecule has 1 aliphatic heterocycles. The SMILES string of the molecule is CC1CCCN(C(=O)CCCn2cc(-c3ccccc3)cn2)C1. The first-order valence-electron chi connectivity index (χ1n) is 8.58. The number of carbonyl (C=O) groups excluding carboxylic acids is 1. The van der Waals surface area contributed by atoms with Crippen LogP contribution in [0.3, 0.4) is 0 Å². The lowest BCUT2D eigenvalue weighted by molar-refractivity contribution is -0.133. The molecule has 0 N–H and O–H groups in total.